The first-order chi connectivity index (χ1) is 6.81. The highest BCUT2D eigenvalue weighted by molar-refractivity contribution is 5.55. The fourth-order valence-corrected chi connectivity index (χ4v) is 1.72. The van der Waals surface area contributed by atoms with Crippen LogP contribution in [0.3, 0.4) is 0 Å². The molecule has 2 rings (SSSR count). The van der Waals surface area contributed by atoms with Gasteiger partial charge in [-0.2, -0.15) is 0 Å². The lowest BCUT2D eigenvalue weighted by Gasteiger charge is -2.31. The topological polar surface area (TPSA) is 58.4 Å². The fraction of sp³-hybridized carbons (Fsp3) is 0.300. The average molecular weight is 191 g/mol. The molecule has 1 aliphatic rings. The van der Waals surface area contributed by atoms with E-state index in [2.05, 4.69) is 11.4 Å². The molecule has 0 fully saturated rings. The summed E-state index contributed by atoms with van der Waals surface area (Å²) in [5, 5.41) is 4.39. The van der Waals surface area contributed by atoms with Crippen LogP contribution >= 0.6 is 0 Å². The summed E-state index contributed by atoms with van der Waals surface area (Å²) in [5.74, 6) is 5.51. The standard InChI is InChI=1S/C10H13N3O/c11-13(7-14)10-6-5-8-3-1-2-4-9(8)12-10/h1-4,7,10,12H,5-6,11H2. The molecule has 0 aliphatic carbocycles. The van der Waals surface area contributed by atoms with Gasteiger partial charge in [-0.3, -0.25) is 9.80 Å². The van der Waals surface area contributed by atoms with E-state index in [4.69, 9.17) is 5.84 Å². The second kappa shape index (κ2) is 3.67. The van der Waals surface area contributed by atoms with Crippen LogP contribution in [-0.4, -0.2) is 17.6 Å². The molecule has 1 aromatic carbocycles. The number of nitrogens with two attached hydrogens (primary N) is 1. The van der Waals surface area contributed by atoms with Gasteiger partial charge in [0.25, 0.3) is 0 Å². The first-order valence-electron chi connectivity index (χ1n) is 4.64. The van der Waals surface area contributed by atoms with Crippen molar-refractivity contribution in [2.45, 2.75) is 19.0 Å². The second-order valence-corrected chi connectivity index (χ2v) is 3.41. The van der Waals surface area contributed by atoms with Gasteiger partial charge in [0.1, 0.15) is 6.17 Å². The number of benzene rings is 1. The molecule has 0 saturated heterocycles. The van der Waals surface area contributed by atoms with Gasteiger partial charge in [-0.1, -0.05) is 18.2 Å². The number of hydrogen-bond acceptors (Lipinski definition) is 3. The molecule has 1 aliphatic heterocycles. The van der Waals surface area contributed by atoms with E-state index >= 15 is 0 Å². The third-order valence-electron chi connectivity index (χ3n) is 2.51. The molecule has 3 N–H and O–H groups in total. The van der Waals surface area contributed by atoms with E-state index in [1.165, 1.54) is 10.6 Å². The highest BCUT2D eigenvalue weighted by Gasteiger charge is 2.19. The lowest BCUT2D eigenvalue weighted by Crippen LogP contribution is -2.46. The van der Waals surface area contributed by atoms with Crippen molar-refractivity contribution in [3.8, 4) is 0 Å². The van der Waals surface area contributed by atoms with Crippen LogP contribution in [0.5, 0.6) is 0 Å². The van der Waals surface area contributed by atoms with Crippen molar-refractivity contribution >= 4 is 12.1 Å². The van der Waals surface area contributed by atoms with E-state index in [0.29, 0.717) is 6.41 Å². The van der Waals surface area contributed by atoms with Crippen LogP contribution in [0.4, 0.5) is 5.69 Å². The molecule has 1 aromatic rings. The first kappa shape index (κ1) is 9.02. The molecule has 4 heteroatoms. The van der Waals surface area contributed by atoms with Crippen LogP contribution < -0.4 is 11.2 Å². The highest BCUT2D eigenvalue weighted by atomic mass is 16.1. The van der Waals surface area contributed by atoms with E-state index in [9.17, 15) is 4.79 Å². The summed E-state index contributed by atoms with van der Waals surface area (Å²) in [4.78, 5) is 10.5. The number of amides is 1. The van der Waals surface area contributed by atoms with E-state index < -0.39 is 0 Å². The molecule has 1 amide bonds. The summed E-state index contributed by atoms with van der Waals surface area (Å²) in [5.41, 5.74) is 2.35. The largest absolute Gasteiger partial charge is 0.364 e. The third-order valence-corrected chi connectivity index (χ3v) is 2.51. The van der Waals surface area contributed by atoms with Crippen molar-refractivity contribution in [2.24, 2.45) is 5.84 Å². The van der Waals surface area contributed by atoms with Crippen molar-refractivity contribution in [1.82, 2.24) is 5.01 Å². The molecule has 0 bridgehead atoms. The third kappa shape index (κ3) is 1.56. The van der Waals surface area contributed by atoms with Crippen molar-refractivity contribution in [1.29, 1.82) is 0 Å². The summed E-state index contributed by atoms with van der Waals surface area (Å²) in [6.07, 6.45) is 2.37. The van der Waals surface area contributed by atoms with Crippen molar-refractivity contribution in [3.63, 3.8) is 0 Å². The number of aryl methyl sites for hydroxylation is 1. The number of para-hydroxylation sites is 1. The number of carbonyl (C=O) groups excluding carboxylic acids is 1. The molecule has 4 nitrogen and oxygen atoms in total. The maximum atomic E-state index is 10.5. The number of fused-ring (bicyclic) bond motifs is 1. The van der Waals surface area contributed by atoms with Crippen molar-refractivity contribution in [2.75, 3.05) is 5.32 Å². The maximum Gasteiger partial charge on any atom is 0.225 e. The minimum atomic E-state index is -0.0811. The fourth-order valence-electron chi connectivity index (χ4n) is 1.72. The average Bonchev–Trinajstić information content (AvgIpc) is 2.27. The number of nitrogens with one attached hydrogen (secondary N) is 1. The SMILES string of the molecule is NN(C=O)C1CCc2ccccc2N1. The van der Waals surface area contributed by atoms with Crippen LogP contribution in [0.25, 0.3) is 0 Å². The normalized spacial score (nSPS) is 19.4. The van der Waals surface area contributed by atoms with Gasteiger partial charge < -0.3 is 5.32 Å². The molecule has 1 unspecified atom stereocenters. The molecular weight excluding hydrogens is 178 g/mol. The number of carbonyl (C=O) groups is 1. The lowest BCUT2D eigenvalue weighted by atomic mass is 10.0. The molecular formula is C10H13N3O. The summed E-state index contributed by atoms with van der Waals surface area (Å²) < 4.78 is 0. The maximum absolute atomic E-state index is 10.5. The Balaban J connectivity index is 2.17. The van der Waals surface area contributed by atoms with Crippen molar-refractivity contribution in [3.05, 3.63) is 29.8 Å². The van der Waals surface area contributed by atoms with Crippen molar-refractivity contribution < 1.29 is 4.79 Å². The lowest BCUT2D eigenvalue weighted by molar-refractivity contribution is -0.120. The number of anilines is 1. The number of hydrogen-bond donors (Lipinski definition) is 2. The number of nitrogens with zero attached hydrogens (tertiary/aromatic N) is 1. The van der Waals surface area contributed by atoms with E-state index in [0.717, 1.165) is 18.5 Å². The zero-order valence-corrected chi connectivity index (χ0v) is 7.81. The van der Waals surface area contributed by atoms with Crippen LogP contribution in [0.2, 0.25) is 0 Å². The quantitative estimate of drug-likeness (QED) is 0.313. The Hall–Kier alpha value is -1.55. The van der Waals surface area contributed by atoms with Crippen LogP contribution in [0.15, 0.2) is 24.3 Å². The zero-order valence-electron chi connectivity index (χ0n) is 7.81. The summed E-state index contributed by atoms with van der Waals surface area (Å²) in [6.45, 7) is 0. The molecule has 0 spiro atoms. The number of hydrazine groups is 1. The highest BCUT2D eigenvalue weighted by Crippen LogP contribution is 2.24. The Bertz CT molecular complexity index is 340. The van der Waals surface area contributed by atoms with Gasteiger partial charge in [0.2, 0.25) is 6.41 Å². The Kier molecular flexibility index (Phi) is 2.37. The van der Waals surface area contributed by atoms with Gasteiger partial charge in [0.05, 0.1) is 0 Å². The van der Waals surface area contributed by atoms with Crippen LogP contribution in [-0.2, 0) is 11.2 Å². The minimum absolute atomic E-state index is 0.0811. The first-order valence-corrected chi connectivity index (χ1v) is 4.64. The summed E-state index contributed by atoms with van der Waals surface area (Å²) >= 11 is 0. The molecule has 74 valence electrons. The zero-order chi connectivity index (χ0) is 9.97. The Labute approximate surface area is 82.7 Å². The summed E-state index contributed by atoms with van der Waals surface area (Å²) in [6, 6.07) is 8.07. The van der Waals surface area contributed by atoms with Gasteiger partial charge in [-0.05, 0) is 24.5 Å². The van der Waals surface area contributed by atoms with Crippen LogP contribution in [0.1, 0.15) is 12.0 Å². The van der Waals surface area contributed by atoms with Gasteiger partial charge in [-0.25, -0.2) is 5.84 Å². The number of rotatable bonds is 2. The molecule has 0 saturated carbocycles. The smallest absolute Gasteiger partial charge is 0.225 e. The van der Waals surface area contributed by atoms with Gasteiger partial charge in [0, 0.05) is 5.69 Å². The molecule has 0 radical (unpaired) electrons. The van der Waals surface area contributed by atoms with E-state index in [1.54, 1.807) is 0 Å². The second-order valence-electron chi connectivity index (χ2n) is 3.41. The van der Waals surface area contributed by atoms with Gasteiger partial charge >= 0.3 is 0 Å². The Morgan fingerprint density at radius 1 is 1.50 bits per heavy atom. The van der Waals surface area contributed by atoms with Gasteiger partial charge in [0.15, 0.2) is 0 Å². The van der Waals surface area contributed by atoms with Crippen LogP contribution in [0, 0.1) is 0 Å². The monoisotopic (exact) mass is 191 g/mol. The minimum Gasteiger partial charge on any atom is -0.364 e. The van der Waals surface area contributed by atoms with E-state index in [1.807, 2.05) is 18.2 Å². The predicted molar refractivity (Wildman–Crippen MR) is 54.3 cm³/mol. The Morgan fingerprint density at radius 3 is 3.07 bits per heavy atom. The van der Waals surface area contributed by atoms with E-state index in [-0.39, 0.29) is 6.17 Å². The molecule has 14 heavy (non-hydrogen) atoms. The molecule has 1 heterocycles. The van der Waals surface area contributed by atoms with Gasteiger partial charge in [-0.15, -0.1) is 0 Å². The molecule has 0 aromatic heterocycles. The summed E-state index contributed by atoms with van der Waals surface area (Å²) in [7, 11) is 0. The predicted octanol–water partition coefficient (Wildman–Crippen LogP) is 0.703. The Morgan fingerprint density at radius 2 is 2.29 bits per heavy atom. The molecule has 1 atom stereocenters.